The maximum Gasteiger partial charge on any atom is 0.235 e. The van der Waals surface area contributed by atoms with E-state index in [1.54, 1.807) is 25.1 Å². The van der Waals surface area contributed by atoms with E-state index in [4.69, 9.17) is 4.52 Å². The van der Waals surface area contributed by atoms with Crippen LogP contribution in [0.15, 0.2) is 28.8 Å². The van der Waals surface area contributed by atoms with Crippen LogP contribution in [-0.2, 0) is 14.4 Å². The topological polar surface area (TPSA) is 113 Å². The molecule has 1 aromatic carbocycles. The molecule has 0 aliphatic heterocycles. The third-order valence-electron chi connectivity index (χ3n) is 3.67. The Kier molecular flexibility index (Phi) is 7.62. The Morgan fingerprint density at radius 2 is 1.71 bits per heavy atom. The molecule has 0 fully saturated rings. The van der Waals surface area contributed by atoms with Gasteiger partial charge in [0.05, 0.1) is 11.5 Å². The molecule has 9 heteroatoms. The standard InChI is InChI=1S/C19H24N4O4S/c1-11(2)19(26)20-14-6-5-12(3)15(8-14)21-17(24)9-28-10-18(25)22-16-7-13(4)27-23-16/h5-8,11H,9-10H2,1-4H3,(H,20,26)(H,21,24)(H,22,23,25). The van der Waals surface area contributed by atoms with E-state index in [9.17, 15) is 14.4 Å². The van der Waals surface area contributed by atoms with Crippen LogP contribution in [0.4, 0.5) is 17.2 Å². The van der Waals surface area contributed by atoms with Gasteiger partial charge in [-0.05, 0) is 31.5 Å². The van der Waals surface area contributed by atoms with E-state index in [0.717, 1.165) is 5.56 Å². The molecule has 8 nitrogen and oxygen atoms in total. The molecule has 1 heterocycles. The highest BCUT2D eigenvalue weighted by Gasteiger charge is 2.11. The smallest absolute Gasteiger partial charge is 0.235 e. The molecule has 2 aromatic rings. The van der Waals surface area contributed by atoms with Crippen LogP contribution in [0.1, 0.15) is 25.2 Å². The fourth-order valence-corrected chi connectivity index (χ4v) is 2.77. The van der Waals surface area contributed by atoms with Gasteiger partial charge in [0.25, 0.3) is 0 Å². The average molecular weight is 404 g/mol. The Balaban J connectivity index is 1.82. The van der Waals surface area contributed by atoms with Gasteiger partial charge in [-0.3, -0.25) is 14.4 Å². The van der Waals surface area contributed by atoms with Gasteiger partial charge < -0.3 is 20.5 Å². The lowest BCUT2D eigenvalue weighted by molar-refractivity contribution is -0.119. The molecule has 150 valence electrons. The molecule has 2 rings (SSSR count). The van der Waals surface area contributed by atoms with Gasteiger partial charge in [-0.2, -0.15) is 0 Å². The van der Waals surface area contributed by atoms with Gasteiger partial charge >= 0.3 is 0 Å². The number of amides is 3. The van der Waals surface area contributed by atoms with Crippen molar-refractivity contribution in [2.75, 3.05) is 27.5 Å². The molecule has 28 heavy (non-hydrogen) atoms. The minimum atomic E-state index is -0.263. The number of carbonyl (C=O) groups is 3. The molecule has 0 saturated heterocycles. The first-order chi connectivity index (χ1) is 13.2. The van der Waals surface area contributed by atoms with Crippen LogP contribution in [0, 0.1) is 19.8 Å². The van der Waals surface area contributed by atoms with Crippen LogP contribution < -0.4 is 16.0 Å². The van der Waals surface area contributed by atoms with Gasteiger partial charge in [-0.1, -0.05) is 25.1 Å². The molecule has 0 aliphatic carbocycles. The van der Waals surface area contributed by atoms with Crippen molar-refractivity contribution < 1.29 is 18.9 Å². The number of nitrogens with one attached hydrogen (secondary N) is 3. The number of hydrogen-bond donors (Lipinski definition) is 3. The normalized spacial score (nSPS) is 10.6. The van der Waals surface area contributed by atoms with Crippen molar-refractivity contribution in [3.05, 3.63) is 35.6 Å². The summed E-state index contributed by atoms with van der Waals surface area (Å²) in [7, 11) is 0. The second-order valence-corrected chi connectivity index (χ2v) is 7.57. The van der Waals surface area contributed by atoms with E-state index in [0.29, 0.717) is 23.0 Å². The zero-order valence-electron chi connectivity index (χ0n) is 16.3. The molecule has 3 N–H and O–H groups in total. The highest BCUT2D eigenvalue weighted by Crippen LogP contribution is 2.21. The van der Waals surface area contributed by atoms with Gasteiger partial charge in [0, 0.05) is 23.4 Å². The van der Waals surface area contributed by atoms with Crippen molar-refractivity contribution in [1.29, 1.82) is 0 Å². The number of rotatable bonds is 8. The molecular weight excluding hydrogens is 380 g/mol. The van der Waals surface area contributed by atoms with Crippen LogP contribution in [0.2, 0.25) is 0 Å². The van der Waals surface area contributed by atoms with Crippen LogP contribution in [0.25, 0.3) is 0 Å². The van der Waals surface area contributed by atoms with Crippen LogP contribution in [-0.4, -0.2) is 34.4 Å². The minimum absolute atomic E-state index is 0.0926. The van der Waals surface area contributed by atoms with Crippen molar-refractivity contribution in [2.24, 2.45) is 5.92 Å². The highest BCUT2D eigenvalue weighted by molar-refractivity contribution is 8.00. The number of aromatic nitrogens is 1. The summed E-state index contributed by atoms with van der Waals surface area (Å²) in [6, 6.07) is 6.95. The second kappa shape index (κ2) is 9.93. The first kappa shape index (κ1) is 21.5. The van der Waals surface area contributed by atoms with Gasteiger partial charge in [-0.15, -0.1) is 11.8 Å². The molecule has 0 aliphatic rings. The summed E-state index contributed by atoms with van der Waals surface area (Å²) in [6.07, 6.45) is 0. The predicted molar refractivity (Wildman–Crippen MR) is 110 cm³/mol. The Morgan fingerprint density at radius 3 is 2.32 bits per heavy atom. The lowest BCUT2D eigenvalue weighted by atomic mass is 10.1. The quantitative estimate of drug-likeness (QED) is 0.623. The van der Waals surface area contributed by atoms with E-state index in [2.05, 4.69) is 21.1 Å². The lowest BCUT2D eigenvalue weighted by Gasteiger charge is -2.12. The van der Waals surface area contributed by atoms with E-state index in [1.807, 2.05) is 26.8 Å². The summed E-state index contributed by atoms with van der Waals surface area (Å²) >= 11 is 1.19. The zero-order chi connectivity index (χ0) is 20.7. The molecule has 3 amide bonds. The fraction of sp³-hybridized carbons (Fsp3) is 0.368. The lowest BCUT2D eigenvalue weighted by Crippen LogP contribution is -2.20. The zero-order valence-corrected chi connectivity index (χ0v) is 17.1. The fourth-order valence-electron chi connectivity index (χ4n) is 2.15. The molecule has 0 saturated carbocycles. The molecular formula is C19H24N4O4S. The second-order valence-electron chi connectivity index (χ2n) is 6.59. The van der Waals surface area contributed by atoms with Gasteiger partial charge in [0.15, 0.2) is 5.82 Å². The number of carbonyl (C=O) groups excluding carboxylic acids is 3. The van der Waals surface area contributed by atoms with E-state index in [-0.39, 0.29) is 35.1 Å². The van der Waals surface area contributed by atoms with Crippen LogP contribution in [0.3, 0.4) is 0 Å². The van der Waals surface area contributed by atoms with E-state index in [1.165, 1.54) is 11.8 Å². The predicted octanol–water partition coefficient (Wildman–Crippen LogP) is 3.20. The summed E-state index contributed by atoms with van der Waals surface area (Å²) in [5.74, 6) is 0.461. The molecule has 0 spiro atoms. The summed E-state index contributed by atoms with van der Waals surface area (Å²) in [6.45, 7) is 7.21. The van der Waals surface area contributed by atoms with Gasteiger partial charge in [-0.25, -0.2) is 0 Å². The van der Waals surface area contributed by atoms with Gasteiger partial charge in [0.2, 0.25) is 17.7 Å². The summed E-state index contributed by atoms with van der Waals surface area (Å²) in [5, 5.41) is 11.9. The largest absolute Gasteiger partial charge is 0.360 e. The van der Waals surface area contributed by atoms with Crippen molar-refractivity contribution in [3.8, 4) is 0 Å². The Morgan fingerprint density at radius 1 is 1.04 bits per heavy atom. The summed E-state index contributed by atoms with van der Waals surface area (Å²) in [4.78, 5) is 35.8. The first-order valence-corrected chi connectivity index (χ1v) is 9.92. The van der Waals surface area contributed by atoms with E-state index < -0.39 is 0 Å². The molecule has 1 aromatic heterocycles. The van der Waals surface area contributed by atoms with Crippen LogP contribution >= 0.6 is 11.8 Å². The first-order valence-electron chi connectivity index (χ1n) is 8.77. The SMILES string of the molecule is Cc1cc(NC(=O)CSCC(=O)Nc2cc(NC(=O)C(C)C)ccc2C)no1. The van der Waals surface area contributed by atoms with Gasteiger partial charge in [0.1, 0.15) is 5.76 Å². The van der Waals surface area contributed by atoms with Crippen molar-refractivity contribution in [3.63, 3.8) is 0 Å². The number of thioether (sulfide) groups is 1. The van der Waals surface area contributed by atoms with Crippen molar-refractivity contribution in [2.45, 2.75) is 27.7 Å². The van der Waals surface area contributed by atoms with Crippen molar-refractivity contribution in [1.82, 2.24) is 5.16 Å². The maximum atomic E-state index is 12.2. The molecule has 0 unspecified atom stereocenters. The number of nitrogens with zero attached hydrogens (tertiary/aromatic N) is 1. The number of anilines is 3. The third-order valence-corrected chi connectivity index (χ3v) is 4.60. The molecule has 0 radical (unpaired) electrons. The summed E-state index contributed by atoms with van der Waals surface area (Å²) in [5.41, 5.74) is 2.12. The minimum Gasteiger partial charge on any atom is -0.360 e. The number of aryl methyl sites for hydroxylation is 2. The van der Waals surface area contributed by atoms with E-state index >= 15 is 0 Å². The summed E-state index contributed by atoms with van der Waals surface area (Å²) < 4.78 is 4.87. The highest BCUT2D eigenvalue weighted by atomic mass is 32.2. The average Bonchev–Trinajstić information content (AvgIpc) is 3.02. The number of benzene rings is 1. The third kappa shape index (κ3) is 6.73. The Hall–Kier alpha value is -2.81. The van der Waals surface area contributed by atoms with Crippen LogP contribution in [0.5, 0.6) is 0 Å². The Bertz CT molecular complexity index is 863. The molecule has 0 bridgehead atoms. The maximum absolute atomic E-state index is 12.2. The molecule has 0 atom stereocenters. The Labute approximate surface area is 167 Å². The number of hydrogen-bond acceptors (Lipinski definition) is 6. The monoisotopic (exact) mass is 404 g/mol. The van der Waals surface area contributed by atoms with Crippen molar-refractivity contribution >= 4 is 46.7 Å².